The highest BCUT2D eigenvalue weighted by atomic mass is 35.5. The Morgan fingerprint density at radius 3 is 2.48 bits per heavy atom. The minimum absolute atomic E-state index is 0.333. The van der Waals surface area contributed by atoms with Gasteiger partial charge in [0.15, 0.2) is 13.2 Å². The molecular formula is C18H16ClNO5. The minimum Gasteiger partial charge on any atom is -0.480 e. The van der Waals surface area contributed by atoms with Crippen molar-refractivity contribution < 1.29 is 23.9 Å². The number of benzene rings is 2. The van der Waals surface area contributed by atoms with Gasteiger partial charge in [-0.05, 0) is 36.8 Å². The Morgan fingerprint density at radius 1 is 1.04 bits per heavy atom. The van der Waals surface area contributed by atoms with Crippen LogP contribution in [0.4, 0.5) is 0 Å². The van der Waals surface area contributed by atoms with Crippen LogP contribution >= 0.6 is 11.6 Å². The smallest absolute Gasteiger partial charge is 0.344 e. The largest absolute Gasteiger partial charge is 0.480 e. The Kier molecular flexibility index (Phi) is 6.54. The predicted molar refractivity (Wildman–Crippen MR) is 91.6 cm³/mol. The highest BCUT2D eigenvalue weighted by Gasteiger charge is 2.13. The van der Waals surface area contributed by atoms with Gasteiger partial charge >= 0.3 is 5.97 Å². The van der Waals surface area contributed by atoms with Crippen LogP contribution < -0.4 is 10.1 Å². The fourth-order valence-electron chi connectivity index (χ4n) is 1.87. The molecule has 130 valence electrons. The van der Waals surface area contributed by atoms with Gasteiger partial charge in [-0.3, -0.25) is 14.9 Å². The van der Waals surface area contributed by atoms with Crippen LogP contribution in [-0.4, -0.2) is 31.0 Å². The number of imide groups is 1. The molecule has 0 aliphatic rings. The van der Waals surface area contributed by atoms with Gasteiger partial charge in [0, 0.05) is 5.56 Å². The van der Waals surface area contributed by atoms with Gasteiger partial charge in [0.25, 0.3) is 11.8 Å². The highest BCUT2D eigenvalue weighted by Crippen LogP contribution is 2.25. The number of hydrogen-bond acceptors (Lipinski definition) is 5. The molecule has 0 aliphatic carbocycles. The van der Waals surface area contributed by atoms with Crippen molar-refractivity contribution in [3.63, 3.8) is 0 Å². The topological polar surface area (TPSA) is 81.7 Å². The van der Waals surface area contributed by atoms with Crippen molar-refractivity contribution in [1.29, 1.82) is 0 Å². The Labute approximate surface area is 149 Å². The lowest BCUT2D eigenvalue weighted by molar-refractivity contribution is -0.150. The molecule has 0 spiro atoms. The molecule has 2 aromatic carbocycles. The van der Waals surface area contributed by atoms with Crippen molar-refractivity contribution in [2.75, 3.05) is 13.2 Å². The highest BCUT2D eigenvalue weighted by molar-refractivity contribution is 6.32. The fourth-order valence-corrected chi connectivity index (χ4v) is 2.04. The Balaban J connectivity index is 1.75. The molecular weight excluding hydrogens is 346 g/mol. The average molecular weight is 362 g/mol. The molecule has 1 N–H and O–H groups in total. The summed E-state index contributed by atoms with van der Waals surface area (Å²) in [5.41, 5.74) is 1.26. The zero-order chi connectivity index (χ0) is 18.2. The summed E-state index contributed by atoms with van der Waals surface area (Å²) in [5, 5.41) is 2.49. The van der Waals surface area contributed by atoms with E-state index in [1.54, 1.807) is 42.5 Å². The summed E-state index contributed by atoms with van der Waals surface area (Å²) in [6, 6.07) is 13.4. The van der Waals surface area contributed by atoms with Crippen molar-refractivity contribution in [3.8, 4) is 5.75 Å². The second-order valence-corrected chi connectivity index (χ2v) is 5.53. The lowest BCUT2D eigenvalue weighted by atomic mass is 10.2. The maximum absolute atomic E-state index is 11.8. The summed E-state index contributed by atoms with van der Waals surface area (Å²) in [5.74, 6) is -1.69. The van der Waals surface area contributed by atoms with Gasteiger partial charge in [0.2, 0.25) is 0 Å². The molecule has 0 fully saturated rings. The number of hydrogen-bond donors (Lipinski definition) is 1. The Morgan fingerprint density at radius 2 is 1.76 bits per heavy atom. The van der Waals surface area contributed by atoms with Gasteiger partial charge in [0.05, 0.1) is 5.02 Å². The zero-order valence-electron chi connectivity index (χ0n) is 13.5. The molecule has 6 nitrogen and oxygen atoms in total. The summed E-state index contributed by atoms with van der Waals surface area (Å²) in [4.78, 5) is 35.0. The maximum Gasteiger partial charge on any atom is 0.344 e. The standard InChI is InChI=1S/C18H16ClNO5/c1-12-7-8-14(19)15(9-12)24-11-17(22)25-10-16(21)20-18(23)13-5-3-2-4-6-13/h2-9H,10-11H2,1H3,(H,20,21,23). The van der Waals surface area contributed by atoms with Crippen LogP contribution in [0.25, 0.3) is 0 Å². The molecule has 0 saturated carbocycles. The second-order valence-electron chi connectivity index (χ2n) is 5.13. The van der Waals surface area contributed by atoms with Gasteiger partial charge in [-0.25, -0.2) is 4.79 Å². The van der Waals surface area contributed by atoms with Crippen molar-refractivity contribution in [1.82, 2.24) is 5.32 Å². The molecule has 2 amide bonds. The normalized spacial score (nSPS) is 10.0. The Bertz CT molecular complexity index is 776. The van der Waals surface area contributed by atoms with Gasteiger partial charge in [-0.15, -0.1) is 0 Å². The number of carbonyl (C=O) groups is 3. The van der Waals surface area contributed by atoms with E-state index in [-0.39, 0.29) is 0 Å². The van der Waals surface area contributed by atoms with Crippen LogP contribution in [0.3, 0.4) is 0 Å². The molecule has 0 radical (unpaired) electrons. The zero-order valence-corrected chi connectivity index (χ0v) is 14.2. The van der Waals surface area contributed by atoms with Crippen molar-refractivity contribution >= 4 is 29.4 Å². The molecule has 7 heteroatoms. The minimum atomic E-state index is -0.750. The number of rotatable bonds is 6. The van der Waals surface area contributed by atoms with E-state index in [4.69, 9.17) is 21.1 Å². The third kappa shape index (κ3) is 5.93. The number of carbonyl (C=O) groups excluding carboxylic acids is 3. The van der Waals surface area contributed by atoms with Gasteiger partial charge in [-0.1, -0.05) is 35.9 Å². The van der Waals surface area contributed by atoms with E-state index in [1.165, 1.54) is 0 Å². The lowest BCUT2D eigenvalue weighted by Crippen LogP contribution is -2.34. The molecule has 0 aliphatic heterocycles. The Hall–Kier alpha value is -2.86. The van der Waals surface area contributed by atoms with E-state index in [9.17, 15) is 14.4 Å². The first-order valence-electron chi connectivity index (χ1n) is 7.39. The van der Waals surface area contributed by atoms with E-state index in [0.29, 0.717) is 16.3 Å². The average Bonchev–Trinajstić information content (AvgIpc) is 2.61. The second kappa shape index (κ2) is 8.84. The van der Waals surface area contributed by atoms with Crippen LogP contribution in [0.1, 0.15) is 15.9 Å². The van der Waals surface area contributed by atoms with Crippen LogP contribution in [0.5, 0.6) is 5.75 Å². The molecule has 0 saturated heterocycles. The number of halogens is 1. The third-order valence-corrected chi connectivity index (χ3v) is 3.40. The number of esters is 1. The molecule has 0 bridgehead atoms. The number of amides is 2. The molecule has 0 atom stereocenters. The van der Waals surface area contributed by atoms with Crippen molar-refractivity contribution in [2.24, 2.45) is 0 Å². The summed E-state index contributed by atoms with van der Waals surface area (Å²) in [6.07, 6.45) is 0. The quantitative estimate of drug-likeness (QED) is 0.799. The number of ether oxygens (including phenoxy) is 2. The van der Waals surface area contributed by atoms with Crippen LogP contribution in [0.2, 0.25) is 5.02 Å². The summed E-state index contributed by atoms with van der Waals surface area (Å²) in [7, 11) is 0. The molecule has 2 rings (SSSR count). The van der Waals surface area contributed by atoms with Crippen LogP contribution in [-0.2, 0) is 14.3 Å². The van der Waals surface area contributed by atoms with E-state index < -0.39 is 31.0 Å². The summed E-state index contributed by atoms with van der Waals surface area (Å²) in [6.45, 7) is 0.876. The van der Waals surface area contributed by atoms with Crippen molar-refractivity contribution in [2.45, 2.75) is 6.92 Å². The summed E-state index contributed by atoms with van der Waals surface area (Å²) < 4.78 is 10.0. The number of nitrogens with one attached hydrogen (secondary N) is 1. The molecule has 25 heavy (non-hydrogen) atoms. The summed E-state index contributed by atoms with van der Waals surface area (Å²) >= 11 is 5.94. The van der Waals surface area contributed by atoms with Gasteiger partial charge in [-0.2, -0.15) is 0 Å². The molecule has 0 unspecified atom stereocenters. The first kappa shape index (κ1) is 18.5. The molecule has 0 heterocycles. The lowest BCUT2D eigenvalue weighted by Gasteiger charge is -2.09. The van der Waals surface area contributed by atoms with Crippen LogP contribution in [0, 0.1) is 6.92 Å². The number of aryl methyl sites for hydroxylation is 1. The predicted octanol–water partition coefficient (Wildman–Crippen LogP) is 2.53. The fraction of sp³-hybridized carbons (Fsp3) is 0.167. The first-order valence-corrected chi connectivity index (χ1v) is 7.77. The van der Waals surface area contributed by atoms with E-state index in [0.717, 1.165) is 5.56 Å². The van der Waals surface area contributed by atoms with E-state index >= 15 is 0 Å². The molecule has 0 aromatic heterocycles. The van der Waals surface area contributed by atoms with Crippen LogP contribution in [0.15, 0.2) is 48.5 Å². The maximum atomic E-state index is 11.8. The monoisotopic (exact) mass is 361 g/mol. The van der Waals surface area contributed by atoms with Gasteiger partial charge in [0.1, 0.15) is 5.75 Å². The van der Waals surface area contributed by atoms with E-state index in [1.807, 2.05) is 13.0 Å². The SMILES string of the molecule is Cc1ccc(Cl)c(OCC(=O)OCC(=O)NC(=O)c2ccccc2)c1. The van der Waals surface area contributed by atoms with Gasteiger partial charge < -0.3 is 9.47 Å². The molecule has 2 aromatic rings. The van der Waals surface area contributed by atoms with E-state index in [2.05, 4.69) is 5.32 Å². The third-order valence-electron chi connectivity index (χ3n) is 3.09. The van der Waals surface area contributed by atoms with Crippen molar-refractivity contribution in [3.05, 3.63) is 64.7 Å². The first-order chi connectivity index (χ1) is 12.0.